The van der Waals surface area contributed by atoms with Crippen molar-refractivity contribution in [2.75, 3.05) is 42.5 Å². The SMILES string of the molecule is O=C(C[C@H]1CC[C@@H]([C@@H]2CCCN2c2cn[nH]c(=O)c2C(F)(F)F)O1)N1CCN(c2ncc(C(F)(F)F)cn2)CC1. The van der Waals surface area contributed by atoms with Crippen molar-refractivity contribution in [3.63, 3.8) is 0 Å². The summed E-state index contributed by atoms with van der Waals surface area (Å²) in [5.74, 6) is 0.0209. The number of halogens is 6. The van der Waals surface area contributed by atoms with E-state index in [0.29, 0.717) is 58.4 Å². The number of carbonyl (C=O) groups is 1. The topological polar surface area (TPSA) is 108 Å². The summed E-state index contributed by atoms with van der Waals surface area (Å²) in [5, 5.41) is 5.44. The van der Waals surface area contributed by atoms with Crippen LogP contribution in [0.3, 0.4) is 0 Å². The van der Waals surface area contributed by atoms with Crippen molar-refractivity contribution in [3.05, 3.63) is 40.1 Å². The second kappa shape index (κ2) is 10.9. The molecule has 0 saturated carbocycles. The minimum Gasteiger partial charge on any atom is -0.372 e. The van der Waals surface area contributed by atoms with Crippen LogP contribution < -0.4 is 15.4 Å². The van der Waals surface area contributed by atoms with E-state index in [4.69, 9.17) is 4.74 Å². The second-order valence-corrected chi connectivity index (χ2v) is 10.1. The Hall–Kier alpha value is -3.43. The molecule has 2 aromatic heterocycles. The smallest absolute Gasteiger partial charge is 0.372 e. The Kier molecular flexibility index (Phi) is 7.63. The Labute approximate surface area is 224 Å². The van der Waals surface area contributed by atoms with Crippen LogP contribution in [0.5, 0.6) is 0 Å². The predicted octanol–water partition coefficient (Wildman–Crippen LogP) is 2.85. The maximum atomic E-state index is 13.6. The van der Waals surface area contributed by atoms with Crippen LogP contribution in [0.2, 0.25) is 0 Å². The zero-order valence-electron chi connectivity index (χ0n) is 21.2. The summed E-state index contributed by atoms with van der Waals surface area (Å²) in [6, 6.07) is -0.378. The van der Waals surface area contributed by atoms with Gasteiger partial charge in [0.15, 0.2) is 0 Å². The van der Waals surface area contributed by atoms with Gasteiger partial charge >= 0.3 is 12.4 Å². The average molecular weight is 576 g/mol. The highest BCUT2D eigenvalue weighted by atomic mass is 19.4. The molecule has 0 aliphatic carbocycles. The van der Waals surface area contributed by atoms with Crippen molar-refractivity contribution in [1.82, 2.24) is 25.1 Å². The second-order valence-electron chi connectivity index (χ2n) is 10.1. The van der Waals surface area contributed by atoms with Gasteiger partial charge in [-0.1, -0.05) is 0 Å². The molecule has 0 unspecified atom stereocenters. The normalized spacial score (nSPS) is 24.1. The molecule has 3 aliphatic heterocycles. The number of H-pyrrole nitrogens is 1. The lowest BCUT2D eigenvalue weighted by atomic mass is 10.0. The minimum absolute atomic E-state index is 0.111. The van der Waals surface area contributed by atoms with E-state index >= 15 is 0 Å². The summed E-state index contributed by atoms with van der Waals surface area (Å²) >= 11 is 0. The van der Waals surface area contributed by atoms with Gasteiger partial charge in [-0.25, -0.2) is 15.1 Å². The van der Waals surface area contributed by atoms with Crippen LogP contribution >= 0.6 is 0 Å². The standard InChI is InChI=1S/C24H27F6N7O3/c25-23(26,27)14-11-31-22(32-12-14)36-8-6-35(7-9-36)19(38)10-15-3-4-18(40-15)16-2-1-5-37(16)17-13-33-34-21(39)20(17)24(28,29)30/h11-13,15-16,18H,1-10H2,(H,34,39)/t15-,16+,18+/m1/s1. The van der Waals surface area contributed by atoms with Gasteiger partial charge in [0, 0.05) is 45.1 Å². The summed E-state index contributed by atoms with van der Waals surface area (Å²) in [7, 11) is 0. The van der Waals surface area contributed by atoms with Gasteiger partial charge in [-0.05, 0) is 25.7 Å². The highest BCUT2D eigenvalue weighted by molar-refractivity contribution is 5.77. The van der Waals surface area contributed by atoms with E-state index in [2.05, 4.69) is 15.1 Å². The number of aromatic amines is 1. The lowest BCUT2D eigenvalue weighted by molar-refractivity contribution is -0.139. The molecule has 5 heterocycles. The number of anilines is 2. The Balaban J connectivity index is 1.15. The fraction of sp³-hybridized carbons (Fsp3) is 0.625. The van der Waals surface area contributed by atoms with Crippen molar-refractivity contribution >= 4 is 17.5 Å². The first kappa shape index (κ1) is 28.1. The molecule has 10 nitrogen and oxygen atoms in total. The summed E-state index contributed by atoms with van der Waals surface area (Å²) in [5.41, 5.74) is -3.77. The number of aromatic nitrogens is 4. The average Bonchev–Trinajstić information content (AvgIpc) is 3.57. The fourth-order valence-electron chi connectivity index (χ4n) is 5.64. The molecule has 218 valence electrons. The first-order valence-electron chi connectivity index (χ1n) is 12.9. The van der Waals surface area contributed by atoms with Crippen molar-refractivity contribution in [1.29, 1.82) is 0 Å². The van der Waals surface area contributed by atoms with Gasteiger partial charge in [0.05, 0.1) is 42.1 Å². The molecule has 40 heavy (non-hydrogen) atoms. The van der Waals surface area contributed by atoms with Gasteiger partial charge in [-0.3, -0.25) is 9.59 Å². The number of nitrogens with one attached hydrogen (secondary N) is 1. The van der Waals surface area contributed by atoms with E-state index in [1.54, 1.807) is 14.7 Å². The third kappa shape index (κ3) is 5.86. The van der Waals surface area contributed by atoms with E-state index in [-0.39, 0.29) is 30.0 Å². The maximum Gasteiger partial charge on any atom is 0.423 e. The maximum absolute atomic E-state index is 13.6. The highest BCUT2D eigenvalue weighted by Crippen LogP contribution is 2.39. The van der Waals surface area contributed by atoms with Crippen LogP contribution in [0.25, 0.3) is 0 Å². The number of hydrogen-bond donors (Lipinski definition) is 1. The number of amides is 1. The Morgan fingerprint density at radius 1 is 0.950 bits per heavy atom. The summed E-state index contributed by atoms with van der Waals surface area (Å²) < 4.78 is 85.3. The summed E-state index contributed by atoms with van der Waals surface area (Å²) in [6.07, 6.45) is -5.20. The lowest BCUT2D eigenvalue weighted by Crippen LogP contribution is -2.49. The van der Waals surface area contributed by atoms with E-state index in [9.17, 15) is 35.9 Å². The molecule has 0 aromatic carbocycles. The van der Waals surface area contributed by atoms with Gasteiger partial charge in [-0.15, -0.1) is 0 Å². The van der Waals surface area contributed by atoms with Gasteiger partial charge in [-0.2, -0.15) is 31.4 Å². The molecule has 0 radical (unpaired) electrons. The van der Waals surface area contributed by atoms with Crippen molar-refractivity contribution < 1.29 is 35.9 Å². The van der Waals surface area contributed by atoms with E-state index < -0.39 is 41.2 Å². The van der Waals surface area contributed by atoms with Gasteiger partial charge in [0.1, 0.15) is 5.56 Å². The first-order valence-corrected chi connectivity index (χ1v) is 12.9. The lowest BCUT2D eigenvalue weighted by Gasteiger charge is -2.35. The Morgan fingerprint density at radius 3 is 2.30 bits per heavy atom. The van der Waals surface area contributed by atoms with Crippen LogP contribution in [0, 0.1) is 0 Å². The molecule has 5 rings (SSSR count). The van der Waals surface area contributed by atoms with Crippen molar-refractivity contribution in [3.8, 4) is 0 Å². The number of piperazine rings is 1. The minimum atomic E-state index is -4.84. The molecule has 0 spiro atoms. The highest BCUT2D eigenvalue weighted by Gasteiger charge is 2.44. The molecular formula is C24H27F6N7O3. The fourth-order valence-corrected chi connectivity index (χ4v) is 5.64. The largest absolute Gasteiger partial charge is 0.423 e. The van der Waals surface area contributed by atoms with Crippen LogP contribution in [0.4, 0.5) is 38.0 Å². The van der Waals surface area contributed by atoms with Crippen LogP contribution in [0.15, 0.2) is 23.4 Å². The third-order valence-electron chi connectivity index (χ3n) is 7.58. The number of carbonyl (C=O) groups excluding carboxylic acids is 1. The van der Waals surface area contributed by atoms with E-state index in [1.807, 2.05) is 5.10 Å². The molecule has 2 aromatic rings. The number of alkyl halides is 6. The zero-order valence-corrected chi connectivity index (χ0v) is 21.2. The Morgan fingerprint density at radius 2 is 1.65 bits per heavy atom. The van der Waals surface area contributed by atoms with Crippen LogP contribution in [-0.4, -0.2) is 81.9 Å². The molecule has 0 bridgehead atoms. The zero-order chi connectivity index (χ0) is 28.7. The third-order valence-corrected chi connectivity index (χ3v) is 7.58. The molecule has 3 aliphatic rings. The number of nitrogens with zero attached hydrogens (tertiary/aromatic N) is 6. The predicted molar refractivity (Wildman–Crippen MR) is 129 cm³/mol. The molecular weight excluding hydrogens is 548 g/mol. The summed E-state index contributed by atoms with van der Waals surface area (Å²) in [4.78, 5) is 37.4. The van der Waals surface area contributed by atoms with Gasteiger partial charge in [0.25, 0.3) is 5.56 Å². The number of rotatable bonds is 5. The molecule has 1 amide bonds. The van der Waals surface area contributed by atoms with Gasteiger partial charge in [0.2, 0.25) is 11.9 Å². The molecule has 1 N–H and O–H groups in total. The molecule has 3 saturated heterocycles. The summed E-state index contributed by atoms with van der Waals surface area (Å²) in [6.45, 7) is 1.72. The van der Waals surface area contributed by atoms with E-state index in [1.165, 1.54) is 0 Å². The quantitative estimate of drug-likeness (QED) is 0.543. The molecule has 3 fully saturated rings. The molecule has 3 atom stereocenters. The molecule has 16 heteroatoms. The van der Waals surface area contributed by atoms with E-state index in [0.717, 1.165) is 18.6 Å². The number of hydrogen-bond acceptors (Lipinski definition) is 8. The van der Waals surface area contributed by atoms with Gasteiger partial charge < -0.3 is 19.4 Å². The van der Waals surface area contributed by atoms with Crippen LogP contribution in [0.1, 0.15) is 43.2 Å². The van der Waals surface area contributed by atoms with Crippen molar-refractivity contribution in [2.24, 2.45) is 0 Å². The van der Waals surface area contributed by atoms with Crippen LogP contribution in [-0.2, 0) is 21.9 Å². The first-order chi connectivity index (χ1) is 18.9. The monoisotopic (exact) mass is 575 g/mol. The Bertz CT molecular complexity index is 1260. The van der Waals surface area contributed by atoms with Crippen molar-refractivity contribution in [2.45, 2.75) is 62.7 Å². The number of ether oxygens (including phenoxy) is 1.